The van der Waals surface area contributed by atoms with Crippen molar-refractivity contribution in [1.82, 2.24) is 4.90 Å². The van der Waals surface area contributed by atoms with Gasteiger partial charge in [0.25, 0.3) is 5.91 Å². The number of benzene rings is 1. The first-order valence-corrected chi connectivity index (χ1v) is 9.02. The van der Waals surface area contributed by atoms with Gasteiger partial charge in [0.1, 0.15) is 4.32 Å². The summed E-state index contributed by atoms with van der Waals surface area (Å²) in [6, 6.07) is 8.47. The molecule has 0 bridgehead atoms. The van der Waals surface area contributed by atoms with Crippen molar-refractivity contribution in [1.29, 1.82) is 0 Å². The van der Waals surface area contributed by atoms with Gasteiger partial charge < -0.3 is 4.90 Å². The molecule has 1 aromatic rings. The monoisotopic (exact) mass is 332 g/mol. The molecule has 1 amide bonds. The van der Waals surface area contributed by atoms with Crippen molar-refractivity contribution in [2.75, 3.05) is 24.5 Å². The molecule has 1 aromatic carbocycles. The summed E-state index contributed by atoms with van der Waals surface area (Å²) in [6.07, 6.45) is 5.84. The van der Waals surface area contributed by atoms with E-state index in [-0.39, 0.29) is 5.91 Å². The van der Waals surface area contributed by atoms with Crippen LogP contribution in [0.1, 0.15) is 31.7 Å². The van der Waals surface area contributed by atoms with Gasteiger partial charge in [-0.3, -0.25) is 9.69 Å². The van der Waals surface area contributed by atoms with Gasteiger partial charge in [-0.05, 0) is 50.0 Å². The van der Waals surface area contributed by atoms with Crippen molar-refractivity contribution in [3.05, 3.63) is 34.7 Å². The van der Waals surface area contributed by atoms with E-state index >= 15 is 0 Å². The summed E-state index contributed by atoms with van der Waals surface area (Å²) in [6.45, 7) is 4.88. The Morgan fingerprint density at radius 3 is 2.45 bits per heavy atom. The summed E-state index contributed by atoms with van der Waals surface area (Å²) < 4.78 is 0.656. The van der Waals surface area contributed by atoms with Crippen LogP contribution in [0.2, 0.25) is 0 Å². The molecule has 3 rings (SSSR count). The fourth-order valence-electron chi connectivity index (χ4n) is 2.86. The highest BCUT2D eigenvalue weighted by Gasteiger charge is 2.30. The van der Waals surface area contributed by atoms with E-state index in [0.717, 1.165) is 23.6 Å². The molecule has 0 radical (unpaired) electrons. The number of thiocarbonyl (C=S) groups is 1. The maximum Gasteiger partial charge on any atom is 0.266 e. The van der Waals surface area contributed by atoms with Gasteiger partial charge in [0.15, 0.2) is 0 Å². The second kappa shape index (κ2) is 6.84. The lowest BCUT2D eigenvalue weighted by atomic mass is 10.1. The van der Waals surface area contributed by atoms with Crippen LogP contribution in [0.25, 0.3) is 6.08 Å². The number of hydrogen-bond donors (Lipinski definition) is 0. The number of carbonyl (C=O) groups is 1. The maximum atomic E-state index is 12.2. The second-order valence-corrected chi connectivity index (χ2v) is 7.24. The minimum atomic E-state index is 0.0256. The van der Waals surface area contributed by atoms with Gasteiger partial charge in [0.2, 0.25) is 0 Å². The van der Waals surface area contributed by atoms with Crippen LogP contribution >= 0.6 is 24.0 Å². The third-order valence-corrected chi connectivity index (χ3v) is 5.48. The molecular weight excluding hydrogens is 312 g/mol. The van der Waals surface area contributed by atoms with Crippen molar-refractivity contribution in [3.8, 4) is 0 Å². The topological polar surface area (TPSA) is 23.6 Å². The number of likely N-dealkylation sites (N-methyl/N-ethyl adjacent to an activating group) is 1. The van der Waals surface area contributed by atoms with Gasteiger partial charge >= 0.3 is 0 Å². The lowest BCUT2D eigenvalue weighted by Crippen LogP contribution is -2.29. The van der Waals surface area contributed by atoms with Gasteiger partial charge in [0.05, 0.1) is 4.91 Å². The van der Waals surface area contributed by atoms with Crippen LogP contribution < -0.4 is 4.90 Å². The van der Waals surface area contributed by atoms with E-state index in [0.29, 0.717) is 10.9 Å². The molecule has 2 fully saturated rings. The highest BCUT2D eigenvalue weighted by atomic mass is 32.2. The van der Waals surface area contributed by atoms with Gasteiger partial charge in [0, 0.05) is 25.3 Å². The number of anilines is 1. The summed E-state index contributed by atoms with van der Waals surface area (Å²) in [4.78, 5) is 17.0. The molecule has 0 N–H and O–H groups in total. The summed E-state index contributed by atoms with van der Waals surface area (Å²) >= 11 is 6.63. The Bertz CT molecular complexity index is 604. The average Bonchev–Trinajstić information content (AvgIpc) is 2.82. The highest BCUT2D eigenvalue weighted by Crippen LogP contribution is 2.32. The van der Waals surface area contributed by atoms with Crippen molar-refractivity contribution in [2.45, 2.75) is 26.2 Å². The average molecular weight is 332 g/mol. The van der Waals surface area contributed by atoms with Crippen LogP contribution in [0.4, 0.5) is 5.69 Å². The van der Waals surface area contributed by atoms with E-state index in [9.17, 15) is 4.79 Å². The molecule has 2 aliphatic heterocycles. The molecule has 2 aliphatic rings. The van der Waals surface area contributed by atoms with Crippen LogP contribution in [-0.2, 0) is 4.79 Å². The van der Waals surface area contributed by atoms with E-state index in [1.165, 1.54) is 36.7 Å². The lowest BCUT2D eigenvalue weighted by Gasteiger charge is -2.28. The zero-order chi connectivity index (χ0) is 15.5. The first-order chi connectivity index (χ1) is 10.7. The molecular formula is C17H20N2OS2. The first-order valence-electron chi connectivity index (χ1n) is 7.79. The standard InChI is InChI=1S/C17H20N2OS2/c1-2-19-16(20)15(22-17(19)21)12-13-6-8-14(9-7-13)18-10-4-3-5-11-18/h6-9,12H,2-5,10-11H2,1H3. The van der Waals surface area contributed by atoms with Gasteiger partial charge in [-0.2, -0.15) is 0 Å². The molecule has 0 spiro atoms. The Morgan fingerprint density at radius 1 is 1.18 bits per heavy atom. The molecule has 2 saturated heterocycles. The van der Waals surface area contributed by atoms with Gasteiger partial charge in [-0.15, -0.1) is 0 Å². The van der Waals surface area contributed by atoms with E-state index in [1.54, 1.807) is 4.90 Å². The number of amides is 1. The third-order valence-electron chi connectivity index (χ3n) is 4.10. The highest BCUT2D eigenvalue weighted by molar-refractivity contribution is 8.26. The van der Waals surface area contributed by atoms with Crippen molar-refractivity contribution < 1.29 is 4.79 Å². The van der Waals surface area contributed by atoms with E-state index in [1.807, 2.05) is 13.0 Å². The minimum Gasteiger partial charge on any atom is -0.372 e. The molecule has 5 heteroatoms. The molecule has 2 heterocycles. The lowest BCUT2D eigenvalue weighted by molar-refractivity contribution is -0.121. The predicted molar refractivity (Wildman–Crippen MR) is 98.1 cm³/mol. The number of piperidine rings is 1. The number of nitrogens with zero attached hydrogens (tertiary/aromatic N) is 2. The largest absolute Gasteiger partial charge is 0.372 e. The fourth-order valence-corrected chi connectivity index (χ4v) is 4.24. The summed E-state index contributed by atoms with van der Waals surface area (Å²) in [5.41, 5.74) is 2.33. The van der Waals surface area contributed by atoms with Crippen LogP contribution in [-0.4, -0.2) is 34.8 Å². The number of carbonyl (C=O) groups excluding carboxylic acids is 1. The van der Waals surface area contributed by atoms with Gasteiger partial charge in [-0.1, -0.05) is 36.1 Å². The Labute approximate surface area is 141 Å². The molecule has 0 atom stereocenters. The Hall–Kier alpha value is -1.33. The molecule has 3 nitrogen and oxygen atoms in total. The van der Waals surface area contributed by atoms with Crippen LogP contribution in [0, 0.1) is 0 Å². The Morgan fingerprint density at radius 2 is 1.86 bits per heavy atom. The summed E-state index contributed by atoms with van der Waals surface area (Å²) in [7, 11) is 0. The van der Waals surface area contributed by atoms with Crippen molar-refractivity contribution in [2.24, 2.45) is 0 Å². The van der Waals surface area contributed by atoms with Crippen molar-refractivity contribution in [3.63, 3.8) is 0 Å². The molecule has 116 valence electrons. The molecule has 0 aliphatic carbocycles. The first kappa shape index (κ1) is 15.6. The fraction of sp³-hybridized carbons (Fsp3) is 0.412. The smallest absolute Gasteiger partial charge is 0.266 e. The molecule has 0 aromatic heterocycles. The normalized spacial score (nSPS) is 21.0. The van der Waals surface area contributed by atoms with Crippen LogP contribution in [0.3, 0.4) is 0 Å². The number of hydrogen-bond acceptors (Lipinski definition) is 4. The quantitative estimate of drug-likeness (QED) is 0.619. The van der Waals surface area contributed by atoms with E-state index in [2.05, 4.69) is 29.2 Å². The predicted octanol–water partition coefficient (Wildman–Crippen LogP) is 3.90. The second-order valence-electron chi connectivity index (χ2n) is 5.57. The summed E-state index contributed by atoms with van der Waals surface area (Å²) in [5.74, 6) is 0.0256. The Balaban J connectivity index is 1.74. The van der Waals surface area contributed by atoms with Gasteiger partial charge in [-0.25, -0.2) is 0 Å². The maximum absolute atomic E-state index is 12.2. The minimum absolute atomic E-state index is 0.0256. The SMILES string of the molecule is CCN1C(=O)C(=Cc2ccc(N3CCCCC3)cc2)SC1=S. The summed E-state index contributed by atoms with van der Waals surface area (Å²) in [5, 5.41) is 0. The molecule has 0 unspecified atom stereocenters. The zero-order valence-corrected chi connectivity index (χ0v) is 14.4. The van der Waals surface area contributed by atoms with Crippen LogP contribution in [0.5, 0.6) is 0 Å². The third kappa shape index (κ3) is 3.20. The number of rotatable bonds is 3. The molecule has 0 saturated carbocycles. The van der Waals surface area contributed by atoms with E-state index in [4.69, 9.17) is 12.2 Å². The van der Waals surface area contributed by atoms with E-state index < -0.39 is 0 Å². The molecule has 22 heavy (non-hydrogen) atoms. The van der Waals surface area contributed by atoms with Crippen LogP contribution in [0.15, 0.2) is 29.2 Å². The Kier molecular flexibility index (Phi) is 4.84. The zero-order valence-electron chi connectivity index (χ0n) is 12.7. The van der Waals surface area contributed by atoms with Crippen molar-refractivity contribution >= 4 is 46.0 Å². The number of thioether (sulfide) groups is 1.